The third kappa shape index (κ3) is 2.00. The van der Waals surface area contributed by atoms with E-state index in [9.17, 15) is 4.79 Å². The monoisotopic (exact) mass is 288 g/mol. The van der Waals surface area contributed by atoms with Crippen LogP contribution >= 0.6 is 0 Å². The Morgan fingerprint density at radius 1 is 0.909 bits per heavy atom. The Hall–Kier alpha value is -3.21. The summed E-state index contributed by atoms with van der Waals surface area (Å²) < 4.78 is 1.70. The first-order valence-electron chi connectivity index (χ1n) is 6.92. The molecule has 2 aromatic carbocycles. The maximum absolute atomic E-state index is 12.0. The van der Waals surface area contributed by atoms with E-state index in [1.165, 1.54) is 0 Å². The lowest BCUT2D eigenvalue weighted by molar-refractivity contribution is 0.891. The normalized spacial score (nSPS) is 10.9. The molecule has 0 unspecified atom stereocenters. The zero-order valence-corrected chi connectivity index (χ0v) is 11.6. The lowest BCUT2D eigenvalue weighted by Crippen LogP contribution is -2.09. The van der Waals surface area contributed by atoms with Crippen molar-refractivity contribution in [1.29, 1.82) is 0 Å². The number of hydrogen-bond donors (Lipinski definition) is 1. The molecule has 0 aliphatic heterocycles. The van der Waals surface area contributed by atoms with Gasteiger partial charge in [-0.1, -0.05) is 48.5 Å². The van der Waals surface area contributed by atoms with Gasteiger partial charge in [-0.15, -0.1) is 0 Å². The first kappa shape index (κ1) is 12.5. The number of aromatic nitrogens is 4. The van der Waals surface area contributed by atoms with Crippen LogP contribution in [0.3, 0.4) is 0 Å². The van der Waals surface area contributed by atoms with Crippen molar-refractivity contribution in [2.75, 3.05) is 0 Å². The summed E-state index contributed by atoms with van der Waals surface area (Å²) in [6.45, 7) is 0. The maximum atomic E-state index is 12.0. The summed E-state index contributed by atoms with van der Waals surface area (Å²) in [6, 6.07) is 19.4. The highest BCUT2D eigenvalue weighted by Crippen LogP contribution is 2.24. The van der Waals surface area contributed by atoms with Gasteiger partial charge in [0, 0.05) is 11.8 Å². The van der Waals surface area contributed by atoms with E-state index in [4.69, 9.17) is 0 Å². The number of para-hydroxylation sites is 1. The zero-order valence-electron chi connectivity index (χ0n) is 11.6. The molecule has 5 nitrogen and oxygen atoms in total. The van der Waals surface area contributed by atoms with E-state index < -0.39 is 0 Å². The Kier molecular flexibility index (Phi) is 2.83. The number of rotatable bonds is 2. The molecule has 0 atom stereocenters. The molecule has 22 heavy (non-hydrogen) atoms. The Morgan fingerprint density at radius 3 is 2.32 bits per heavy atom. The number of benzene rings is 2. The van der Waals surface area contributed by atoms with Crippen LogP contribution in [0.25, 0.3) is 27.8 Å². The van der Waals surface area contributed by atoms with Crippen molar-refractivity contribution in [3.63, 3.8) is 0 Å². The predicted molar refractivity (Wildman–Crippen MR) is 84.9 cm³/mol. The molecule has 106 valence electrons. The Balaban J connectivity index is 1.99. The summed E-state index contributed by atoms with van der Waals surface area (Å²) in [5.74, 6) is 0. The van der Waals surface area contributed by atoms with Crippen LogP contribution in [0.2, 0.25) is 0 Å². The molecular weight excluding hydrogens is 276 g/mol. The lowest BCUT2D eigenvalue weighted by Gasteiger charge is -2.00. The maximum Gasteiger partial charge on any atom is 0.292 e. The van der Waals surface area contributed by atoms with E-state index >= 15 is 0 Å². The van der Waals surface area contributed by atoms with Crippen LogP contribution in [0.15, 0.2) is 71.7 Å². The minimum absolute atomic E-state index is 0.288. The first-order valence-corrected chi connectivity index (χ1v) is 6.92. The van der Waals surface area contributed by atoms with Gasteiger partial charge in [-0.2, -0.15) is 10.2 Å². The summed E-state index contributed by atoms with van der Waals surface area (Å²) >= 11 is 0. The number of fused-ring (bicyclic) bond motifs is 1. The molecule has 4 aromatic rings. The molecule has 0 aliphatic carbocycles. The standard InChI is InChI=1S/C17H12N4O/c22-17-16-14(11-21(20-16)13-9-5-2-6-10-13)15(18-19-17)12-7-3-1-4-8-12/h1-11H,(H,19,22). The van der Waals surface area contributed by atoms with Gasteiger partial charge in [0.25, 0.3) is 5.56 Å². The van der Waals surface area contributed by atoms with Crippen LogP contribution in [-0.4, -0.2) is 20.0 Å². The molecule has 2 aromatic heterocycles. The fraction of sp³-hybridized carbons (Fsp3) is 0. The van der Waals surface area contributed by atoms with Crippen LogP contribution in [-0.2, 0) is 0 Å². The lowest BCUT2D eigenvalue weighted by atomic mass is 10.1. The van der Waals surface area contributed by atoms with Gasteiger partial charge in [-0.3, -0.25) is 4.79 Å². The van der Waals surface area contributed by atoms with Crippen molar-refractivity contribution < 1.29 is 0 Å². The molecular formula is C17H12N4O. The van der Waals surface area contributed by atoms with Crippen LogP contribution in [0, 0.1) is 0 Å². The van der Waals surface area contributed by atoms with Crippen molar-refractivity contribution in [3.05, 3.63) is 77.2 Å². The van der Waals surface area contributed by atoms with Gasteiger partial charge < -0.3 is 0 Å². The summed E-state index contributed by atoms with van der Waals surface area (Å²) in [6.07, 6.45) is 1.84. The van der Waals surface area contributed by atoms with Crippen molar-refractivity contribution >= 4 is 10.9 Å². The number of aromatic amines is 1. The highest BCUT2D eigenvalue weighted by molar-refractivity contribution is 5.91. The van der Waals surface area contributed by atoms with E-state index in [2.05, 4.69) is 15.3 Å². The highest BCUT2D eigenvalue weighted by atomic mass is 16.1. The summed E-state index contributed by atoms with van der Waals surface area (Å²) in [4.78, 5) is 12.0. The van der Waals surface area contributed by atoms with E-state index in [0.29, 0.717) is 5.52 Å². The van der Waals surface area contributed by atoms with Crippen LogP contribution in [0.1, 0.15) is 0 Å². The van der Waals surface area contributed by atoms with Gasteiger partial charge in [-0.25, -0.2) is 9.78 Å². The smallest absolute Gasteiger partial charge is 0.265 e. The number of nitrogens with one attached hydrogen (secondary N) is 1. The number of H-pyrrole nitrogens is 1. The van der Waals surface area contributed by atoms with E-state index in [1.54, 1.807) is 4.68 Å². The predicted octanol–water partition coefficient (Wildman–Crippen LogP) is 2.78. The molecule has 4 rings (SSSR count). The zero-order chi connectivity index (χ0) is 14.9. The average molecular weight is 288 g/mol. The van der Waals surface area contributed by atoms with Gasteiger partial charge in [-0.05, 0) is 12.1 Å². The summed E-state index contributed by atoms with van der Waals surface area (Å²) in [5.41, 5.74) is 2.66. The fourth-order valence-electron chi connectivity index (χ4n) is 2.46. The SMILES string of the molecule is O=c1[nH]nc(-c2ccccc2)c2cn(-c3ccccc3)nc12. The molecule has 0 saturated carbocycles. The second-order valence-electron chi connectivity index (χ2n) is 4.94. The second kappa shape index (κ2) is 4.96. The molecule has 2 heterocycles. The number of nitrogens with zero attached hydrogens (tertiary/aromatic N) is 3. The van der Waals surface area contributed by atoms with Crippen LogP contribution in [0.5, 0.6) is 0 Å². The second-order valence-corrected chi connectivity index (χ2v) is 4.94. The van der Waals surface area contributed by atoms with E-state index in [1.807, 2.05) is 66.9 Å². The van der Waals surface area contributed by atoms with Gasteiger partial charge in [0.05, 0.1) is 11.1 Å². The third-order valence-corrected chi connectivity index (χ3v) is 3.52. The molecule has 0 fully saturated rings. The quantitative estimate of drug-likeness (QED) is 0.617. The molecule has 0 spiro atoms. The minimum Gasteiger partial charge on any atom is -0.265 e. The Morgan fingerprint density at radius 2 is 1.59 bits per heavy atom. The summed E-state index contributed by atoms with van der Waals surface area (Å²) in [7, 11) is 0. The molecule has 0 bridgehead atoms. The topological polar surface area (TPSA) is 63.6 Å². The largest absolute Gasteiger partial charge is 0.292 e. The Bertz CT molecular complexity index is 988. The molecule has 0 aliphatic rings. The van der Waals surface area contributed by atoms with Crippen molar-refractivity contribution in [2.45, 2.75) is 0 Å². The van der Waals surface area contributed by atoms with Gasteiger partial charge in [0.1, 0.15) is 5.69 Å². The average Bonchev–Trinajstić information content (AvgIpc) is 3.03. The van der Waals surface area contributed by atoms with Crippen molar-refractivity contribution in [3.8, 4) is 16.9 Å². The molecule has 0 amide bonds. The van der Waals surface area contributed by atoms with Crippen molar-refractivity contribution in [1.82, 2.24) is 20.0 Å². The highest BCUT2D eigenvalue weighted by Gasteiger charge is 2.13. The Labute approximate surface area is 125 Å². The van der Waals surface area contributed by atoms with Crippen LogP contribution in [0.4, 0.5) is 0 Å². The third-order valence-electron chi connectivity index (χ3n) is 3.52. The van der Waals surface area contributed by atoms with Gasteiger partial charge >= 0.3 is 0 Å². The minimum atomic E-state index is -0.288. The first-order chi connectivity index (χ1) is 10.8. The van der Waals surface area contributed by atoms with Gasteiger partial charge in [0.15, 0.2) is 5.52 Å². The summed E-state index contributed by atoms with van der Waals surface area (Å²) in [5, 5.41) is 11.9. The van der Waals surface area contributed by atoms with E-state index in [0.717, 1.165) is 22.3 Å². The number of hydrogen-bond acceptors (Lipinski definition) is 3. The molecule has 1 N–H and O–H groups in total. The van der Waals surface area contributed by atoms with Crippen LogP contribution < -0.4 is 5.56 Å². The molecule has 0 saturated heterocycles. The molecule has 5 heteroatoms. The van der Waals surface area contributed by atoms with Gasteiger partial charge in [0.2, 0.25) is 0 Å². The van der Waals surface area contributed by atoms with E-state index in [-0.39, 0.29) is 5.56 Å². The molecule has 0 radical (unpaired) electrons. The van der Waals surface area contributed by atoms with Crippen molar-refractivity contribution in [2.24, 2.45) is 0 Å². The fourth-order valence-corrected chi connectivity index (χ4v) is 2.46.